The number of hydrogen-bond donors (Lipinski definition) is 1. The summed E-state index contributed by atoms with van der Waals surface area (Å²) in [5.74, 6) is 2.11. The van der Waals surface area contributed by atoms with Crippen LogP contribution in [-0.2, 0) is 6.54 Å². The van der Waals surface area contributed by atoms with Crippen LogP contribution in [0.4, 0.5) is 0 Å². The molecule has 1 atom stereocenters. The second-order valence-corrected chi connectivity index (χ2v) is 7.13. The fourth-order valence-electron chi connectivity index (χ4n) is 3.39. The Morgan fingerprint density at radius 1 is 1.04 bits per heavy atom. The zero-order chi connectivity index (χ0) is 18.6. The molecule has 1 aliphatic heterocycles. The van der Waals surface area contributed by atoms with Gasteiger partial charge >= 0.3 is 0 Å². The maximum Gasteiger partial charge on any atom is 0.161 e. The van der Waals surface area contributed by atoms with Crippen molar-refractivity contribution in [3.8, 4) is 17.2 Å². The highest BCUT2D eigenvalue weighted by atomic mass is 16.6. The van der Waals surface area contributed by atoms with Crippen LogP contribution < -0.4 is 14.8 Å². The number of nitrogens with one attached hydrogen (secondary N) is 1. The summed E-state index contributed by atoms with van der Waals surface area (Å²) in [6, 6.07) is 16.6. The Bertz CT molecular complexity index is 890. The van der Waals surface area contributed by atoms with Gasteiger partial charge in [-0.2, -0.15) is 5.10 Å². The number of benzene rings is 2. The molecule has 0 fully saturated rings. The molecule has 0 saturated heterocycles. The molecule has 140 valence electrons. The van der Waals surface area contributed by atoms with Crippen molar-refractivity contribution < 1.29 is 9.47 Å². The molecule has 2 aromatic carbocycles. The number of hydrogen-bond acceptors (Lipinski definition) is 4. The number of nitrogens with zero attached hydrogens (tertiary/aromatic N) is 2. The van der Waals surface area contributed by atoms with E-state index in [1.807, 2.05) is 35.1 Å². The highest BCUT2D eigenvalue weighted by Gasteiger charge is 2.19. The van der Waals surface area contributed by atoms with Gasteiger partial charge in [-0.05, 0) is 35.7 Å². The lowest BCUT2D eigenvalue weighted by Crippen LogP contribution is -2.25. The maximum atomic E-state index is 5.74. The summed E-state index contributed by atoms with van der Waals surface area (Å²) < 4.78 is 13.3. The Morgan fingerprint density at radius 3 is 2.59 bits per heavy atom. The molecule has 3 aromatic rings. The fourth-order valence-corrected chi connectivity index (χ4v) is 3.39. The zero-order valence-electron chi connectivity index (χ0n) is 15.8. The first kappa shape index (κ1) is 17.6. The molecule has 4 rings (SSSR count). The summed E-state index contributed by atoms with van der Waals surface area (Å²) in [5.41, 5.74) is 3.43. The predicted octanol–water partition coefficient (Wildman–Crippen LogP) is 4.13. The van der Waals surface area contributed by atoms with Crippen LogP contribution in [0.5, 0.6) is 11.5 Å². The van der Waals surface area contributed by atoms with Crippen molar-refractivity contribution in [2.24, 2.45) is 5.92 Å². The SMILES string of the molecule is CC(C)[C@@H](NCc1cnn(-c2ccccc2)c1)c1ccc2c(c1)OCCO2. The molecule has 27 heavy (non-hydrogen) atoms. The molecule has 5 heteroatoms. The van der Waals surface area contributed by atoms with Crippen LogP contribution >= 0.6 is 0 Å². The third-order valence-corrected chi connectivity index (χ3v) is 4.77. The van der Waals surface area contributed by atoms with Crippen molar-refractivity contribution in [3.63, 3.8) is 0 Å². The van der Waals surface area contributed by atoms with Crippen molar-refractivity contribution in [2.75, 3.05) is 13.2 Å². The van der Waals surface area contributed by atoms with E-state index in [-0.39, 0.29) is 6.04 Å². The summed E-state index contributed by atoms with van der Waals surface area (Å²) in [6.45, 7) is 6.42. The molecule has 0 aliphatic carbocycles. The van der Waals surface area contributed by atoms with E-state index in [1.165, 1.54) is 5.56 Å². The van der Waals surface area contributed by atoms with Crippen LogP contribution in [0, 0.1) is 5.92 Å². The molecular formula is C22H25N3O2. The van der Waals surface area contributed by atoms with Crippen molar-refractivity contribution in [3.05, 3.63) is 72.1 Å². The minimum absolute atomic E-state index is 0.223. The highest BCUT2D eigenvalue weighted by molar-refractivity contribution is 5.44. The van der Waals surface area contributed by atoms with Gasteiger partial charge in [-0.1, -0.05) is 38.1 Å². The normalized spacial score (nSPS) is 14.3. The summed E-state index contributed by atoms with van der Waals surface area (Å²) in [5, 5.41) is 8.15. The largest absolute Gasteiger partial charge is 0.486 e. The number of rotatable bonds is 6. The molecule has 0 spiro atoms. The van der Waals surface area contributed by atoms with E-state index in [1.54, 1.807) is 0 Å². The van der Waals surface area contributed by atoms with Gasteiger partial charge in [-0.25, -0.2) is 4.68 Å². The molecular weight excluding hydrogens is 338 g/mol. The van der Waals surface area contributed by atoms with Gasteiger partial charge in [0.2, 0.25) is 0 Å². The van der Waals surface area contributed by atoms with Crippen LogP contribution in [0.1, 0.15) is 31.0 Å². The quantitative estimate of drug-likeness (QED) is 0.715. The third-order valence-electron chi connectivity index (χ3n) is 4.77. The van der Waals surface area contributed by atoms with Crippen molar-refractivity contribution in [1.82, 2.24) is 15.1 Å². The standard InChI is InChI=1S/C22H25N3O2/c1-16(2)22(18-8-9-20-21(12-18)27-11-10-26-20)23-13-17-14-24-25(15-17)19-6-4-3-5-7-19/h3-9,12,14-16,22-23H,10-11,13H2,1-2H3/t22-/m1/s1. The van der Waals surface area contributed by atoms with E-state index in [0.717, 1.165) is 29.3 Å². The average molecular weight is 363 g/mol. The molecule has 1 N–H and O–H groups in total. The summed E-state index contributed by atoms with van der Waals surface area (Å²) in [7, 11) is 0. The van der Waals surface area contributed by atoms with Gasteiger partial charge in [-0.15, -0.1) is 0 Å². The Morgan fingerprint density at radius 2 is 1.81 bits per heavy atom. The number of para-hydroxylation sites is 1. The maximum absolute atomic E-state index is 5.74. The van der Waals surface area contributed by atoms with E-state index in [9.17, 15) is 0 Å². The Balaban J connectivity index is 1.47. The minimum atomic E-state index is 0.223. The van der Waals surface area contributed by atoms with Gasteiger partial charge in [0, 0.05) is 24.3 Å². The Hall–Kier alpha value is -2.79. The molecule has 1 aliphatic rings. The molecule has 2 heterocycles. The zero-order valence-corrected chi connectivity index (χ0v) is 15.8. The van der Waals surface area contributed by atoms with E-state index < -0.39 is 0 Å². The third kappa shape index (κ3) is 3.98. The van der Waals surface area contributed by atoms with Crippen LogP contribution in [0.3, 0.4) is 0 Å². The molecule has 0 amide bonds. The predicted molar refractivity (Wildman–Crippen MR) is 105 cm³/mol. The van der Waals surface area contributed by atoms with Crippen LogP contribution in [0.25, 0.3) is 5.69 Å². The van der Waals surface area contributed by atoms with Gasteiger partial charge in [-0.3, -0.25) is 0 Å². The number of ether oxygens (including phenoxy) is 2. The molecule has 0 unspecified atom stereocenters. The fraction of sp³-hybridized carbons (Fsp3) is 0.318. The van der Waals surface area contributed by atoms with E-state index in [4.69, 9.17) is 9.47 Å². The number of fused-ring (bicyclic) bond motifs is 1. The molecule has 5 nitrogen and oxygen atoms in total. The molecule has 0 bridgehead atoms. The average Bonchev–Trinajstić information content (AvgIpc) is 3.17. The van der Waals surface area contributed by atoms with Crippen LogP contribution in [0.2, 0.25) is 0 Å². The topological polar surface area (TPSA) is 48.3 Å². The van der Waals surface area contributed by atoms with E-state index in [2.05, 4.69) is 54.7 Å². The van der Waals surface area contributed by atoms with Gasteiger partial charge in [0.15, 0.2) is 11.5 Å². The summed E-state index contributed by atoms with van der Waals surface area (Å²) in [4.78, 5) is 0. The molecule has 0 saturated carbocycles. The Kier molecular flexibility index (Phi) is 5.12. The second-order valence-electron chi connectivity index (χ2n) is 7.13. The monoisotopic (exact) mass is 363 g/mol. The minimum Gasteiger partial charge on any atom is -0.486 e. The highest BCUT2D eigenvalue weighted by Crippen LogP contribution is 2.34. The lowest BCUT2D eigenvalue weighted by Gasteiger charge is -2.25. The molecule has 1 aromatic heterocycles. The summed E-state index contributed by atoms with van der Waals surface area (Å²) in [6.07, 6.45) is 3.99. The lowest BCUT2D eigenvalue weighted by molar-refractivity contribution is 0.171. The van der Waals surface area contributed by atoms with Gasteiger partial charge in [0.25, 0.3) is 0 Å². The van der Waals surface area contributed by atoms with Crippen molar-refractivity contribution >= 4 is 0 Å². The van der Waals surface area contributed by atoms with Gasteiger partial charge in [0.05, 0.1) is 11.9 Å². The van der Waals surface area contributed by atoms with E-state index in [0.29, 0.717) is 19.1 Å². The van der Waals surface area contributed by atoms with E-state index >= 15 is 0 Å². The lowest BCUT2D eigenvalue weighted by atomic mass is 9.95. The molecule has 0 radical (unpaired) electrons. The summed E-state index contributed by atoms with van der Waals surface area (Å²) >= 11 is 0. The first-order valence-corrected chi connectivity index (χ1v) is 9.42. The second kappa shape index (κ2) is 7.84. The van der Waals surface area contributed by atoms with Gasteiger partial charge < -0.3 is 14.8 Å². The van der Waals surface area contributed by atoms with Crippen LogP contribution in [-0.4, -0.2) is 23.0 Å². The smallest absolute Gasteiger partial charge is 0.161 e. The first-order valence-electron chi connectivity index (χ1n) is 9.42. The van der Waals surface area contributed by atoms with Crippen LogP contribution in [0.15, 0.2) is 60.9 Å². The van der Waals surface area contributed by atoms with Crippen molar-refractivity contribution in [1.29, 1.82) is 0 Å². The van der Waals surface area contributed by atoms with Crippen molar-refractivity contribution in [2.45, 2.75) is 26.4 Å². The first-order chi connectivity index (χ1) is 13.2. The number of aromatic nitrogens is 2. The Labute approximate surface area is 159 Å². The van der Waals surface area contributed by atoms with Gasteiger partial charge in [0.1, 0.15) is 13.2 Å².